The molecule has 1 aromatic rings. The van der Waals surface area contributed by atoms with E-state index in [1.807, 2.05) is 6.92 Å². The first-order valence-electron chi connectivity index (χ1n) is 9.39. The summed E-state index contributed by atoms with van der Waals surface area (Å²) in [6.45, 7) is 3.31. The van der Waals surface area contributed by atoms with Crippen molar-refractivity contribution < 1.29 is 18.0 Å². The Hall–Kier alpha value is -2.09. The van der Waals surface area contributed by atoms with Crippen molar-refractivity contribution in [1.82, 2.24) is 10.6 Å². The van der Waals surface area contributed by atoms with Crippen molar-refractivity contribution in [2.45, 2.75) is 52.0 Å². The normalized spacial score (nSPS) is 16.4. The average Bonchev–Trinajstić information content (AvgIpc) is 2.62. The smallest absolute Gasteiger partial charge is 0.239 e. The van der Waals surface area contributed by atoms with E-state index in [0.29, 0.717) is 5.69 Å². The molecule has 0 heterocycles. The molecule has 7 nitrogen and oxygen atoms in total. The summed E-state index contributed by atoms with van der Waals surface area (Å²) in [4.78, 5) is 24.1. The average molecular weight is 396 g/mol. The van der Waals surface area contributed by atoms with E-state index >= 15 is 0 Å². The van der Waals surface area contributed by atoms with Crippen LogP contribution in [0.1, 0.15) is 44.6 Å². The van der Waals surface area contributed by atoms with E-state index in [1.54, 1.807) is 24.3 Å². The maximum absolute atomic E-state index is 12.2. The third-order valence-corrected chi connectivity index (χ3v) is 6.12. The zero-order valence-electron chi connectivity index (χ0n) is 16.0. The van der Waals surface area contributed by atoms with Gasteiger partial charge in [-0.2, -0.15) is 0 Å². The van der Waals surface area contributed by atoms with Crippen LogP contribution in [0.2, 0.25) is 0 Å². The number of hydrogen-bond acceptors (Lipinski definition) is 4. The van der Waals surface area contributed by atoms with Crippen LogP contribution in [0.25, 0.3) is 0 Å². The number of carbonyl (C=O) groups excluding carboxylic acids is 2. The molecule has 1 atom stereocenters. The van der Waals surface area contributed by atoms with E-state index in [-0.39, 0.29) is 24.2 Å². The standard InChI is InChI=1S/C19H29N3O4S/c1-14-8-10-17(11-9-14)22-27(25,26)13-15(2)19(24)20-12-18(23)21-16-6-4-3-5-7-16/h8-11,15-16,22H,3-7,12-13H2,1-2H3,(H,20,24)(H,21,23). The van der Waals surface area contributed by atoms with Crippen LogP contribution in [0.4, 0.5) is 5.69 Å². The van der Waals surface area contributed by atoms with E-state index < -0.39 is 21.8 Å². The first-order valence-corrected chi connectivity index (χ1v) is 11.0. The second kappa shape index (κ2) is 9.73. The van der Waals surface area contributed by atoms with Crippen LogP contribution in [0, 0.1) is 12.8 Å². The molecule has 1 aliphatic rings. The summed E-state index contributed by atoms with van der Waals surface area (Å²) in [7, 11) is -3.66. The number of amides is 2. The van der Waals surface area contributed by atoms with Gasteiger partial charge in [0.15, 0.2) is 0 Å². The summed E-state index contributed by atoms with van der Waals surface area (Å²) in [5.41, 5.74) is 1.48. The van der Waals surface area contributed by atoms with Crippen LogP contribution in [0.3, 0.4) is 0 Å². The number of benzene rings is 1. The molecule has 3 N–H and O–H groups in total. The van der Waals surface area contributed by atoms with Crippen LogP contribution in [-0.2, 0) is 19.6 Å². The van der Waals surface area contributed by atoms with Crippen LogP contribution >= 0.6 is 0 Å². The Kier molecular flexibility index (Phi) is 7.65. The minimum Gasteiger partial charge on any atom is -0.352 e. The lowest BCUT2D eigenvalue weighted by Crippen LogP contribution is -2.44. The molecule has 150 valence electrons. The van der Waals surface area contributed by atoms with Crippen molar-refractivity contribution in [3.8, 4) is 0 Å². The fourth-order valence-corrected chi connectivity index (χ4v) is 4.50. The van der Waals surface area contributed by atoms with Crippen molar-refractivity contribution in [2.75, 3.05) is 17.0 Å². The maximum atomic E-state index is 12.2. The zero-order chi connectivity index (χ0) is 19.9. The third-order valence-electron chi connectivity index (χ3n) is 4.64. The lowest BCUT2D eigenvalue weighted by molar-refractivity contribution is -0.128. The van der Waals surface area contributed by atoms with Crippen molar-refractivity contribution >= 4 is 27.5 Å². The van der Waals surface area contributed by atoms with Gasteiger partial charge < -0.3 is 10.6 Å². The summed E-state index contributed by atoms with van der Waals surface area (Å²) in [6.07, 6.45) is 5.37. The molecule has 1 aliphatic carbocycles. The highest BCUT2D eigenvalue weighted by molar-refractivity contribution is 7.92. The van der Waals surface area contributed by atoms with Gasteiger partial charge in [0.25, 0.3) is 0 Å². The molecule has 2 amide bonds. The Morgan fingerprint density at radius 3 is 2.37 bits per heavy atom. The molecule has 1 saturated carbocycles. The highest BCUT2D eigenvalue weighted by Crippen LogP contribution is 2.17. The lowest BCUT2D eigenvalue weighted by atomic mass is 9.95. The van der Waals surface area contributed by atoms with Gasteiger partial charge in [0.2, 0.25) is 21.8 Å². The van der Waals surface area contributed by atoms with Gasteiger partial charge in [-0.15, -0.1) is 0 Å². The van der Waals surface area contributed by atoms with Gasteiger partial charge in [-0.25, -0.2) is 8.42 Å². The van der Waals surface area contributed by atoms with Gasteiger partial charge in [-0.3, -0.25) is 14.3 Å². The Bertz CT molecular complexity index is 741. The quantitative estimate of drug-likeness (QED) is 0.626. The summed E-state index contributed by atoms with van der Waals surface area (Å²) < 4.78 is 26.9. The lowest BCUT2D eigenvalue weighted by Gasteiger charge is -2.23. The number of carbonyl (C=O) groups is 2. The fraction of sp³-hybridized carbons (Fsp3) is 0.579. The molecule has 0 saturated heterocycles. The summed E-state index contributed by atoms with van der Waals surface area (Å²) in [5.74, 6) is -1.81. The van der Waals surface area contributed by atoms with Crippen molar-refractivity contribution in [1.29, 1.82) is 0 Å². The Morgan fingerprint density at radius 1 is 1.11 bits per heavy atom. The van der Waals surface area contributed by atoms with Crippen LogP contribution < -0.4 is 15.4 Å². The topological polar surface area (TPSA) is 104 Å². The van der Waals surface area contributed by atoms with Crippen molar-refractivity contribution in [3.63, 3.8) is 0 Å². The molecule has 1 unspecified atom stereocenters. The Balaban J connectivity index is 1.76. The van der Waals surface area contributed by atoms with Crippen LogP contribution in [0.15, 0.2) is 24.3 Å². The van der Waals surface area contributed by atoms with Gasteiger partial charge in [0, 0.05) is 11.7 Å². The third kappa shape index (κ3) is 7.58. The summed E-state index contributed by atoms with van der Waals surface area (Å²) in [6, 6.07) is 7.14. The van der Waals surface area contributed by atoms with Gasteiger partial charge >= 0.3 is 0 Å². The molecule has 0 radical (unpaired) electrons. The van der Waals surface area contributed by atoms with Crippen molar-refractivity contribution in [3.05, 3.63) is 29.8 Å². The second-order valence-corrected chi connectivity index (χ2v) is 9.04. The minimum atomic E-state index is -3.66. The highest BCUT2D eigenvalue weighted by atomic mass is 32.2. The predicted molar refractivity (Wildman–Crippen MR) is 106 cm³/mol. The second-order valence-electron chi connectivity index (χ2n) is 7.27. The SMILES string of the molecule is Cc1ccc(NS(=O)(=O)CC(C)C(=O)NCC(=O)NC2CCCCC2)cc1. The molecule has 1 fully saturated rings. The molecule has 1 aromatic carbocycles. The summed E-state index contributed by atoms with van der Waals surface area (Å²) in [5, 5.41) is 5.44. The molecule has 2 rings (SSSR count). The predicted octanol–water partition coefficient (Wildman–Crippen LogP) is 1.94. The van der Waals surface area contributed by atoms with Crippen LogP contribution in [-0.4, -0.2) is 38.6 Å². The molecular weight excluding hydrogens is 366 g/mol. The van der Waals surface area contributed by atoms with E-state index in [0.717, 1.165) is 31.2 Å². The number of sulfonamides is 1. The summed E-state index contributed by atoms with van der Waals surface area (Å²) >= 11 is 0. The number of nitrogens with one attached hydrogen (secondary N) is 3. The molecule has 0 bridgehead atoms. The maximum Gasteiger partial charge on any atom is 0.239 e. The van der Waals surface area contributed by atoms with Gasteiger partial charge in [0.1, 0.15) is 0 Å². The van der Waals surface area contributed by atoms with E-state index in [2.05, 4.69) is 15.4 Å². The van der Waals surface area contributed by atoms with Crippen molar-refractivity contribution in [2.24, 2.45) is 5.92 Å². The molecule has 27 heavy (non-hydrogen) atoms. The number of aryl methyl sites for hydroxylation is 1. The van der Waals surface area contributed by atoms with Gasteiger partial charge in [0.05, 0.1) is 18.2 Å². The minimum absolute atomic E-state index is 0.134. The highest BCUT2D eigenvalue weighted by Gasteiger charge is 2.22. The number of anilines is 1. The molecule has 0 spiro atoms. The largest absolute Gasteiger partial charge is 0.352 e. The molecule has 0 aliphatic heterocycles. The Morgan fingerprint density at radius 2 is 1.74 bits per heavy atom. The molecular formula is C19H29N3O4S. The van der Waals surface area contributed by atoms with E-state index in [9.17, 15) is 18.0 Å². The van der Waals surface area contributed by atoms with Crippen LogP contribution in [0.5, 0.6) is 0 Å². The zero-order valence-corrected chi connectivity index (χ0v) is 16.8. The van der Waals surface area contributed by atoms with Gasteiger partial charge in [-0.1, -0.05) is 43.9 Å². The molecule has 0 aromatic heterocycles. The monoisotopic (exact) mass is 395 g/mol. The first-order chi connectivity index (χ1) is 12.7. The number of hydrogen-bond donors (Lipinski definition) is 3. The first kappa shape index (κ1) is 21.2. The van der Waals surface area contributed by atoms with E-state index in [4.69, 9.17) is 0 Å². The van der Waals surface area contributed by atoms with Gasteiger partial charge in [-0.05, 0) is 31.9 Å². The fourth-order valence-electron chi connectivity index (χ4n) is 3.11. The number of rotatable bonds is 8. The Labute approximate surface area is 161 Å². The molecule has 8 heteroatoms. The van der Waals surface area contributed by atoms with E-state index in [1.165, 1.54) is 13.3 Å².